The van der Waals surface area contributed by atoms with Crippen LogP contribution in [-0.2, 0) is 12.8 Å². The first-order valence-corrected chi connectivity index (χ1v) is 7.74. The molecule has 1 atom stereocenters. The summed E-state index contributed by atoms with van der Waals surface area (Å²) in [5, 5.41) is 4.68. The lowest BCUT2D eigenvalue weighted by atomic mass is 9.96. The summed E-state index contributed by atoms with van der Waals surface area (Å²) in [5.74, 6) is 0. The van der Waals surface area contributed by atoms with Crippen LogP contribution < -0.4 is 5.32 Å². The van der Waals surface area contributed by atoms with Crippen molar-refractivity contribution in [3.05, 3.63) is 50.5 Å². The smallest absolute Gasteiger partial charge is 0.115 e. The summed E-state index contributed by atoms with van der Waals surface area (Å²) in [6.45, 7) is 4.38. The van der Waals surface area contributed by atoms with Crippen LogP contribution in [0.3, 0.4) is 0 Å². The molecule has 0 radical (unpaired) electrons. The normalized spacial score (nSPS) is 15.5. The van der Waals surface area contributed by atoms with Gasteiger partial charge >= 0.3 is 0 Å². The van der Waals surface area contributed by atoms with Crippen LogP contribution in [0.1, 0.15) is 44.7 Å². The van der Waals surface area contributed by atoms with Crippen molar-refractivity contribution in [1.82, 2.24) is 10.3 Å². The quantitative estimate of drug-likeness (QED) is 0.924. The van der Waals surface area contributed by atoms with E-state index in [2.05, 4.69) is 37.4 Å². The number of hydrogen-bond acceptors (Lipinski definition) is 3. The monoisotopic (exact) mass is 272 g/mol. The maximum Gasteiger partial charge on any atom is 0.115 e. The lowest BCUT2D eigenvalue weighted by molar-refractivity contribution is 0.674. The van der Waals surface area contributed by atoms with Gasteiger partial charge in [0.2, 0.25) is 0 Å². The largest absolute Gasteiger partial charge is 0.307 e. The van der Waals surface area contributed by atoms with Gasteiger partial charge < -0.3 is 5.32 Å². The molecule has 1 aromatic carbocycles. The minimum absolute atomic E-state index is 0.233. The van der Waals surface area contributed by atoms with E-state index in [1.807, 2.05) is 18.4 Å². The fraction of sp³-hybridized carbons (Fsp3) is 0.438. The highest BCUT2D eigenvalue weighted by atomic mass is 32.1. The molecule has 1 aliphatic rings. The van der Waals surface area contributed by atoms with Crippen LogP contribution in [0.25, 0.3) is 0 Å². The van der Waals surface area contributed by atoms with E-state index in [-0.39, 0.29) is 6.04 Å². The summed E-state index contributed by atoms with van der Waals surface area (Å²) >= 11 is 1.89. The zero-order valence-corrected chi connectivity index (χ0v) is 12.6. The van der Waals surface area contributed by atoms with Crippen LogP contribution in [0.15, 0.2) is 18.2 Å². The maximum atomic E-state index is 4.88. The molecule has 1 unspecified atom stereocenters. The molecular weight excluding hydrogens is 252 g/mol. The Labute approximate surface area is 118 Å². The number of benzene rings is 1. The van der Waals surface area contributed by atoms with Crippen molar-refractivity contribution in [2.45, 2.75) is 39.2 Å². The molecular formula is C16H20N2S. The van der Waals surface area contributed by atoms with Crippen LogP contribution in [-0.4, -0.2) is 12.0 Å². The first kappa shape index (κ1) is 12.8. The Morgan fingerprint density at radius 2 is 1.95 bits per heavy atom. The third kappa shape index (κ3) is 2.21. The summed E-state index contributed by atoms with van der Waals surface area (Å²) < 4.78 is 0. The van der Waals surface area contributed by atoms with Gasteiger partial charge in [-0.25, -0.2) is 4.98 Å². The summed E-state index contributed by atoms with van der Waals surface area (Å²) in [5.41, 5.74) is 5.41. The van der Waals surface area contributed by atoms with Gasteiger partial charge in [0, 0.05) is 4.88 Å². The van der Waals surface area contributed by atoms with E-state index in [1.54, 1.807) is 0 Å². The maximum absolute atomic E-state index is 4.88. The van der Waals surface area contributed by atoms with Crippen LogP contribution in [0, 0.1) is 13.8 Å². The molecule has 1 aromatic heterocycles. The van der Waals surface area contributed by atoms with Gasteiger partial charge in [-0.2, -0.15) is 0 Å². The molecule has 0 aliphatic heterocycles. The molecule has 0 saturated carbocycles. The molecule has 0 bridgehead atoms. The number of hydrogen-bond donors (Lipinski definition) is 1. The highest BCUT2D eigenvalue weighted by molar-refractivity contribution is 7.11. The number of fused-ring (bicyclic) bond motifs is 1. The molecule has 3 rings (SSSR count). The summed E-state index contributed by atoms with van der Waals surface area (Å²) in [4.78, 5) is 6.38. The zero-order valence-electron chi connectivity index (χ0n) is 11.8. The molecule has 19 heavy (non-hydrogen) atoms. The van der Waals surface area contributed by atoms with Crippen LogP contribution >= 0.6 is 11.3 Å². The third-order valence-corrected chi connectivity index (χ3v) is 5.20. The summed E-state index contributed by atoms with van der Waals surface area (Å²) in [7, 11) is 2.03. The number of aromatic nitrogens is 1. The van der Waals surface area contributed by atoms with E-state index in [4.69, 9.17) is 4.98 Å². The molecule has 0 amide bonds. The standard InChI is InChI=1S/C16H20N2S/c1-10-6-4-7-11(2)14(10)15(17-3)16-18-12-8-5-9-13(12)19-16/h4,6-7,15,17H,5,8-9H2,1-3H3. The Balaban J connectivity index is 2.04. The molecule has 3 heteroatoms. The van der Waals surface area contributed by atoms with E-state index in [1.165, 1.54) is 45.1 Å². The van der Waals surface area contributed by atoms with Crippen molar-refractivity contribution in [1.29, 1.82) is 0 Å². The van der Waals surface area contributed by atoms with Crippen molar-refractivity contribution < 1.29 is 0 Å². The molecule has 100 valence electrons. The SMILES string of the molecule is CNC(c1nc2c(s1)CCC2)c1c(C)cccc1C. The predicted octanol–water partition coefficient (Wildman–Crippen LogP) is 3.56. The van der Waals surface area contributed by atoms with Gasteiger partial charge in [-0.05, 0) is 56.8 Å². The van der Waals surface area contributed by atoms with Crippen molar-refractivity contribution >= 4 is 11.3 Å². The van der Waals surface area contributed by atoms with Gasteiger partial charge in [0.15, 0.2) is 0 Å². The Hall–Kier alpha value is -1.19. The van der Waals surface area contributed by atoms with E-state index in [0.717, 1.165) is 6.42 Å². The van der Waals surface area contributed by atoms with Crippen LogP contribution in [0.2, 0.25) is 0 Å². The highest BCUT2D eigenvalue weighted by Crippen LogP contribution is 2.35. The zero-order chi connectivity index (χ0) is 13.4. The molecule has 0 saturated heterocycles. The van der Waals surface area contributed by atoms with E-state index in [0.29, 0.717) is 0 Å². The lowest BCUT2D eigenvalue weighted by Gasteiger charge is -2.19. The van der Waals surface area contributed by atoms with Crippen molar-refractivity contribution in [2.75, 3.05) is 7.05 Å². The van der Waals surface area contributed by atoms with E-state index >= 15 is 0 Å². The summed E-state index contributed by atoms with van der Waals surface area (Å²) in [6.07, 6.45) is 3.66. The average molecular weight is 272 g/mol. The number of thiazole rings is 1. The molecule has 2 aromatic rings. The fourth-order valence-corrected chi connectivity index (χ4v) is 4.28. The van der Waals surface area contributed by atoms with E-state index < -0.39 is 0 Å². The van der Waals surface area contributed by atoms with E-state index in [9.17, 15) is 0 Å². The number of nitrogens with one attached hydrogen (secondary N) is 1. The summed E-state index contributed by atoms with van der Waals surface area (Å²) in [6, 6.07) is 6.74. The number of rotatable bonds is 3. The number of aryl methyl sites for hydroxylation is 4. The topological polar surface area (TPSA) is 24.9 Å². The number of nitrogens with zero attached hydrogens (tertiary/aromatic N) is 1. The minimum atomic E-state index is 0.233. The van der Waals surface area contributed by atoms with Crippen molar-refractivity contribution in [3.63, 3.8) is 0 Å². The highest BCUT2D eigenvalue weighted by Gasteiger charge is 2.24. The first-order valence-electron chi connectivity index (χ1n) is 6.92. The van der Waals surface area contributed by atoms with Gasteiger partial charge in [0.05, 0.1) is 11.7 Å². The van der Waals surface area contributed by atoms with Crippen LogP contribution in [0.4, 0.5) is 0 Å². The van der Waals surface area contributed by atoms with Gasteiger partial charge in [0.1, 0.15) is 5.01 Å². The Kier molecular flexibility index (Phi) is 3.42. The van der Waals surface area contributed by atoms with Gasteiger partial charge in [-0.15, -0.1) is 11.3 Å². The van der Waals surface area contributed by atoms with Crippen molar-refractivity contribution in [2.24, 2.45) is 0 Å². The third-order valence-electron chi connectivity index (χ3n) is 3.98. The Bertz CT molecular complexity index is 559. The second-order valence-electron chi connectivity index (χ2n) is 5.30. The predicted molar refractivity (Wildman–Crippen MR) is 81.0 cm³/mol. The Morgan fingerprint density at radius 3 is 2.58 bits per heavy atom. The second kappa shape index (κ2) is 5.06. The molecule has 1 N–H and O–H groups in total. The second-order valence-corrected chi connectivity index (χ2v) is 6.42. The molecule has 1 heterocycles. The fourth-order valence-electron chi connectivity index (χ4n) is 3.01. The Morgan fingerprint density at radius 1 is 1.21 bits per heavy atom. The van der Waals surface area contributed by atoms with Crippen molar-refractivity contribution in [3.8, 4) is 0 Å². The van der Waals surface area contributed by atoms with Gasteiger partial charge in [0.25, 0.3) is 0 Å². The first-order chi connectivity index (χ1) is 9.20. The molecule has 2 nitrogen and oxygen atoms in total. The molecule has 0 spiro atoms. The average Bonchev–Trinajstić information content (AvgIpc) is 2.94. The van der Waals surface area contributed by atoms with Gasteiger partial charge in [-0.3, -0.25) is 0 Å². The van der Waals surface area contributed by atoms with Gasteiger partial charge in [-0.1, -0.05) is 18.2 Å². The lowest BCUT2D eigenvalue weighted by Crippen LogP contribution is -2.19. The minimum Gasteiger partial charge on any atom is -0.307 e. The van der Waals surface area contributed by atoms with Crippen LogP contribution in [0.5, 0.6) is 0 Å². The molecule has 0 fully saturated rings. The molecule has 1 aliphatic carbocycles.